The SMILES string of the molecule is OCCN1C(=S)NC(c2ccccn2)C1c1cccn1-c1ccc2ccccc2c1. The number of β-amino-alcohol motifs (C(OH)–C–C–N with tert-alkyl or cyclic N) is 1. The summed E-state index contributed by atoms with van der Waals surface area (Å²) in [5, 5.41) is 16.1. The number of aliphatic hydroxyl groups is 1. The molecule has 0 radical (unpaired) electrons. The number of aromatic nitrogens is 2. The fraction of sp³-hybridized carbons (Fsp3) is 0.167. The minimum atomic E-state index is -0.0978. The van der Waals surface area contributed by atoms with Crippen molar-refractivity contribution in [3.8, 4) is 5.69 Å². The van der Waals surface area contributed by atoms with Crippen molar-refractivity contribution in [3.05, 3.63) is 96.6 Å². The number of rotatable bonds is 5. The number of nitrogens with one attached hydrogen (secondary N) is 1. The Hall–Kier alpha value is -3.22. The van der Waals surface area contributed by atoms with Gasteiger partial charge < -0.3 is 19.9 Å². The second-order valence-corrected chi connectivity index (χ2v) is 7.76. The molecule has 5 rings (SSSR count). The van der Waals surface area contributed by atoms with Gasteiger partial charge in [0.15, 0.2) is 5.11 Å². The lowest BCUT2D eigenvalue weighted by molar-refractivity contribution is 0.220. The molecule has 0 aliphatic carbocycles. The molecule has 5 nitrogen and oxygen atoms in total. The van der Waals surface area contributed by atoms with Crippen LogP contribution < -0.4 is 5.32 Å². The molecule has 2 atom stereocenters. The highest BCUT2D eigenvalue weighted by molar-refractivity contribution is 7.80. The van der Waals surface area contributed by atoms with Crippen LogP contribution in [0.4, 0.5) is 0 Å². The molecule has 0 spiro atoms. The molecule has 2 unspecified atom stereocenters. The van der Waals surface area contributed by atoms with Gasteiger partial charge in [-0.3, -0.25) is 4.98 Å². The Morgan fingerprint density at radius 2 is 1.80 bits per heavy atom. The summed E-state index contributed by atoms with van der Waals surface area (Å²) in [5.74, 6) is 0. The van der Waals surface area contributed by atoms with E-state index in [2.05, 4.69) is 80.6 Å². The van der Waals surface area contributed by atoms with E-state index < -0.39 is 0 Å². The van der Waals surface area contributed by atoms with Crippen LogP contribution >= 0.6 is 12.2 Å². The Morgan fingerprint density at radius 1 is 0.967 bits per heavy atom. The van der Waals surface area contributed by atoms with Crippen molar-refractivity contribution < 1.29 is 5.11 Å². The van der Waals surface area contributed by atoms with Gasteiger partial charge in [-0.05, 0) is 59.4 Å². The van der Waals surface area contributed by atoms with Crippen LogP contribution in [0.2, 0.25) is 0 Å². The smallest absolute Gasteiger partial charge is 0.170 e. The Kier molecular flexibility index (Phi) is 4.94. The molecule has 2 aromatic carbocycles. The molecule has 3 heterocycles. The number of pyridine rings is 1. The van der Waals surface area contributed by atoms with Crippen molar-refractivity contribution in [3.63, 3.8) is 0 Å². The number of fused-ring (bicyclic) bond motifs is 1. The van der Waals surface area contributed by atoms with Crippen LogP contribution in [0.25, 0.3) is 16.5 Å². The lowest BCUT2D eigenvalue weighted by atomic mass is 10.0. The topological polar surface area (TPSA) is 53.3 Å². The van der Waals surface area contributed by atoms with Gasteiger partial charge >= 0.3 is 0 Å². The molecule has 1 aliphatic heterocycles. The maximum Gasteiger partial charge on any atom is 0.170 e. The Balaban J connectivity index is 1.62. The van der Waals surface area contributed by atoms with Crippen LogP contribution in [0.3, 0.4) is 0 Å². The average molecular weight is 415 g/mol. The van der Waals surface area contributed by atoms with E-state index >= 15 is 0 Å². The van der Waals surface area contributed by atoms with Gasteiger partial charge in [0.25, 0.3) is 0 Å². The number of benzene rings is 2. The minimum Gasteiger partial charge on any atom is -0.395 e. The Bertz CT molecular complexity index is 1190. The van der Waals surface area contributed by atoms with Crippen LogP contribution in [0.15, 0.2) is 85.2 Å². The average Bonchev–Trinajstić information content (AvgIpc) is 3.39. The second-order valence-electron chi connectivity index (χ2n) is 7.38. The molecule has 2 N–H and O–H groups in total. The molecule has 1 saturated heterocycles. The van der Waals surface area contributed by atoms with E-state index in [0.717, 1.165) is 17.1 Å². The van der Waals surface area contributed by atoms with E-state index in [4.69, 9.17) is 12.2 Å². The standard InChI is InChI=1S/C24H22N4OS/c29-15-14-28-23(22(26-24(28)30)20-8-3-4-12-25-20)21-9-5-13-27(21)19-11-10-17-6-1-2-7-18(17)16-19/h1-13,16,22-23,29H,14-15H2,(H,26,30). The molecule has 0 amide bonds. The third-order valence-electron chi connectivity index (χ3n) is 5.63. The maximum atomic E-state index is 9.67. The minimum absolute atomic E-state index is 0.0317. The summed E-state index contributed by atoms with van der Waals surface area (Å²) in [5.41, 5.74) is 3.12. The van der Waals surface area contributed by atoms with Crippen LogP contribution in [0.1, 0.15) is 23.5 Å². The third kappa shape index (κ3) is 3.24. The molecule has 30 heavy (non-hydrogen) atoms. The first-order chi connectivity index (χ1) is 14.8. The molecule has 0 saturated carbocycles. The van der Waals surface area contributed by atoms with Gasteiger partial charge in [-0.1, -0.05) is 36.4 Å². The van der Waals surface area contributed by atoms with Crippen molar-refractivity contribution in [2.45, 2.75) is 12.1 Å². The predicted octanol–water partition coefficient (Wildman–Crippen LogP) is 3.99. The summed E-state index contributed by atoms with van der Waals surface area (Å²) in [6.07, 6.45) is 3.88. The second kappa shape index (κ2) is 7.89. The maximum absolute atomic E-state index is 9.67. The zero-order valence-electron chi connectivity index (χ0n) is 16.3. The predicted molar refractivity (Wildman–Crippen MR) is 123 cm³/mol. The van der Waals surface area contributed by atoms with E-state index in [0.29, 0.717) is 11.7 Å². The first-order valence-corrected chi connectivity index (χ1v) is 10.4. The summed E-state index contributed by atoms with van der Waals surface area (Å²) in [6.45, 7) is 0.493. The highest BCUT2D eigenvalue weighted by Gasteiger charge is 2.40. The van der Waals surface area contributed by atoms with Gasteiger partial charge in [-0.25, -0.2) is 0 Å². The van der Waals surface area contributed by atoms with Gasteiger partial charge in [-0.2, -0.15) is 0 Å². The molecule has 1 aliphatic rings. The number of thiocarbonyl (C=S) groups is 1. The van der Waals surface area contributed by atoms with Crippen LogP contribution in [0.5, 0.6) is 0 Å². The fourth-order valence-electron chi connectivity index (χ4n) is 4.27. The molecule has 150 valence electrons. The number of hydrogen-bond donors (Lipinski definition) is 2. The number of aliphatic hydroxyl groups excluding tert-OH is 1. The van der Waals surface area contributed by atoms with Crippen molar-refractivity contribution in [1.82, 2.24) is 19.8 Å². The number of hydrogen-bond acceptors (Lipinski definition) is 3. The molecular formula is C24H22N4OS. The Labute approximate surface area is 180 Å². The van der Waals surface area contributed by atoms with Crippen molar-refractivity contribution in [1.29, 1.82) is 0 Å². The van der Waals surface area contributed by atoms with E-state index in [1.807, 2.05) is 18.2 Å². The first kappa shape index (κ1) is 18.8. The molecule has 0 bridgehead atoms. The highest BCUT2D eigenvalue weighted by atomic mass is 32.1. The van der Waals surface area contributed by atoms with E-state index in [1.165, 1.54) is 10.8 Å². The molecule has 2 aromatic heterocycles. The lowest BCUT2D eigenvalue weighted by Crippen LogP contribution is -2.32. The summed E-state index contributed by atoms with van der Waals surface area (Å²) >= 11 is 5.62. The summed E-state index contributed by atoms with van der Waals surface area (Å²) in [6, 6.07) is 24.8. The molecule has 4 aromatic rings. The summed E-state index contributed by atoms with van der Waals surface area (Å²) in [4.78, 5) is 6.63. The van der Waals surface area contributed by atoms with Crippen molar-refractivity contribution in [2.24, 2.45) is 0 Å². The largest absolute Gasteiger partial charge is 0.395 e. The van der Waals surface area contributed by atoms with E-state index in [-0.39, 0.29) is 18.7 Å². The molecular weight excluding hydrogens is 392 g/mol. The van der Waals surface area contributed by atoms with Gasteiger partial charge in [-0.15, -0.1) is 0 Å². The molecule has 1 fully saturated rings. The summed E-state index contributed by atoms with van der Waals surface area (Å²) < 4.78 is 2.20. The van der Waals surface area contributed by atoms with Crippen LogP contribution in [-0.4, -0.2) is 37.8 Å². The lowest BCUT2D eigenvalue weighted by Gasteiger charge is -2.28. The normalized spacial score (nSPS) is 18.7. The Morgan fingerprint density at radius 3 is 2.60 bits per heavy atom. The highest BCUT2D eigenvalue weighted by Crippen LogP contribution is 2.39. The van der Waals surface area contributed by atoms with Gasteiger partial charge in [0.1, 0.15) is 0 Å². The number of nitrogens with zero attached hydrogens (tertiary/aromatic N) is 3. The van der Waals surface area contributed by atoms with E-state index in [1.54, 1.807) is 6.20 Å². The summed E-state index contributed by atoms with van der Waals surface area (Å²) in [7, 11) is 0. The van der Waals surface area contributed by atoms with Crippen LogP contribution in [-0.2, 0) is 0 Å². The van der Waals surface area contributed by atoms with Gasteiger partial charge in [0.05, 0.1) is 24.4 Å². The quantitative estimate of drug-likeness (QED) is 0.484. The van der Waals surface area contributed by atoms with Gasteiger partial charge in [0, 0.05) is 30.3 Å². The van der Waals surface area contributed by atoms with E-state index in [9.17, 15) is 5.11 Å². The fourth-order valence-corrected chi connectivity index (χ4v) is 4.60. The van der Waals surface area contributed by atoms with Crippen molar-refractivity contribution >= 4 is 28.1 Å². The van der Waals surface area contributed by atoms with Crippen LogP contribution in [0, 0.1) is 0 Å². The first-order valence-electron chi connectivity index (χ1n) is 10.0. The molecule has 6 heteroatoms. The zero-order valence-corrected chi connectivity index (χ0v) is 17.2. The third-order valence-corrected chi connectivity index (χ3v) is 5.99. The monoisotopic (exact) mass is 414 g/mol. The zero-order chi connectivity index (χ0) is 20.5. The van der Waals surface area contributed by atoms with Crippen molar-refractivity contribution in [2.75, 3.05) is 13.2 Å². The van der Waals surface area contributed by atoms with Gasteiger partial charge in [0.2, 0.25) is 0 Å².